The fraction of sp³-hybridized carbons (Fsp3) is 0.667. The molecule has 1 aromatic rings. The fourth-order valence-electron chi connectivity index (χ4n) is 4.06. The SMILES string of the molecule is COc1ccc(CCC[Si]2(C)O[Si](C)(C)O[Si](C)(C)O[Si](C)(C)O2)cc1OC. The highest BCUT2D eigenvalue weighted by atomic mass is 28.5. The van der Waals surface area contributed by atoms with Crippen LogP contribution in [-0.2, 0) is 22.9 Å². The predicted molar refractivity (Wildman–Crippen MR) is 121 cm³/mol. The van der Waals surface area contributed by atoms with Crippen LogP contribution < -0.4 is 9.47 Å². The molecule has 0 bridgehead atoms. The van der Waals surface area contributed by atoms with Crippen LogP contribution in [0, 0.1) is 0 Å². The summed E-state index contributed by atoms with van der Waals surface area (Å²) in [5, 5.41) is 0. The van der Waals surface area contributed by atoms with E-state index in [-0.39, 0.29) is 0 Å². The minimum Gasteiger partial charge on any atom is -0.493 e. The molecule has 10 heteroatoms. The van der Waals surface area contributed by atoms with Crippen molar-refractivity contribution in [3.05, 3.63) is 23.8 Å². The van der Waals surface area contributed by atoms with Gasteiger partial charge in [0.25, 0.3) is 0 Å². The highest BCUT2D eigenvalue weighted by Gasteiger charge is 2.52. The zero-order valence-electron chi connectivity index (χ0n) is 18.8. The van der Waals surface area contributed by atoms with Crippen LogP contribution in [0.3, 0.4) is 0 Å². The van der Waals surface area contributed by atoms with E-state index in [1.54, 1.807) is 14.2 Å². The van der Waals surface area contributed by atoms with Crippen molar-refractivity contribution < 1.29 is 25.9 Å². The van der Waals surface area contributed by atoms with Crippen LogP contribution in [0.15, 0.2) is 18.2 Å². The van der Waals surface area contributed by atoms with Crippen molar-refractivity contribution in [2.45, 2.75) is 64.7 Å². The van der Waals surface area contributed by atoms with Gasteiger partial charge in [-0.05, 0) is 82.4 Å². The third kappa shape index (κ3) is 6.80. The first-order chi connectivity index (χ1) is 12.8. The smallest absolute Gasteiger partial charge is 0.317 e. The van der Waals surface area contributed by atoms with Gasteiger partial charge < -0.3 is 25.9 Å². The summed E-state index contributed by atoms with van der Waals surface area (Å²) in [6.07, 6.45) is 1.91. The molecule has 0 atom stereocenters. The van der Waals surface area contributed by atoms with Crippen LogP contribution in [0.5, 0.6) is 11.5 Å². The normalized spacial score (nSPS) is 22.8. The molecule has 0 saturated carbocycles. The minimum atomic E-state index is -2.41. The van der Waals surface area contributed by atoms with Crippen molar-refractivity contribution in [3.63, 3.8) is 0 Å². The Kier molecular flexibility index (Phi) is 7.41. The van der Waals surface area contributed by atoms with Gasteiger partial charge in [0.1, 0.15) is 0 Å². The number of rotatable bonds is 6. The second kappa shape index (κ2) is 8.72. The maximum Gasteiger partial charge on any atom is 0.317 e. The lowest BCUT2D eigenvalue weighted by molar-refractivity contribution is 0.234. The Labute approximate surface area is 174 Å². The summed E-state index contributed by atoms with van der Waals surface area (Å²) < 4.78 is 36.8. The van der Waals surface area contributed by atoms with Gasteiger partial charge >= 0.3 is 34.2 Å². The molecule has 1 aliphatic heterocycles. The van der Waals surface area contributed by atoms with Crippen molar-refractivity contribution in [1.29, 1.82) is 0 Å². The van der Waals surface area contributed by atoms with E-state index in [0.29, 0.717) is 0 Å². The van der Waals surface area contributed by atoms with Crippen LogP contribution in [0.2, 0.25) is 51.9 Å². The number of aryl methyl sites for hydroxylation is 1. The van der Waals surface area contributed by atoms with Gasteiger partial charge in [-0.3, -0.25) is 0 Å². The molecule has 1 fully saturated rings. The molecule has 28 heavy (non-hydrogen) atoms. The van der Waals surface area contributed by atoms with Crippen LogP contribution >= 0.6 is 0 Å². The van der Waals surface area contributed by atoms with E-state index in [1.807, 2.05) is 12.1 Å². The molecule has 0 aliphatic carbocycles. The maximum atomic E-state index is 6.63. The molecule has 1 aromatic carbocycles. The Morgan fingerprint density at radius 1 is 0.714 bits per heavy atom. The van der Waals surface area contributed by atoms with E-state index in [2.05, 4.69) is 51.9 Å². The third-order valence-electron chi connectivity index (χ3n) is 4.45. The Morgan fingerprint density at radius 3 is 1.71 bits per heavy atom. The standard InChI is InChI=1S/C18H36O6Si4/c1-19-17-13-12-16(15-18(17)20-2)11-10-14-28(9)23-26(5,6)21-25(3,4)22-27(7,8)24-28/h12-13,15H,10-11,14H2,1-9H3. The van der Waals surface area contributed by atoms with Gasteiger partial charge in [-0.1, -0.05) is 6.07 Å². The molecule has 0 spiro atoms. The van der Waals surface area contributed by atoms with E-state index in [9.17, 15) is 0 Å². The molecule has 0 amide bonds. The second-order valence-corrected chi connectivity index (χ2v) is 23.2. The Bertz CT molecular complexity index is 658. The van der Waals surface area contributed by atoms with E-state index < -0.39 is 34.2 Å². The number of hydrogen-bond donors (Lipinski definition) is 0. The zero-order chi connectivity index (χ0) is 21.2. The third-order valence-corrected chi connectivity index (χ3v) is 21.0. The van der Waals surface area contributed by atoms with Crippen molar-refractivity contribution in [3.8, 4) is 11.5 Å². The molecule has 1 aliphatic rings. The summed E-state index contributed by atoms with van der Waals surface area (Å²) in [6, 6.07) is 6.99. The molecule has 1 saturated heterocycles. The quantitative estimate of drug-likeness (QED) is 0.563. The summed E-state index contributed by atoms with van der Waals surface area (Å²) in [5.41, 5.74) is 1.22. The molecular formula is C18H36O6Si4. The van der Waals surface area contributed by atoms with Gasteiger partial charge in [0.15, 0.2) is 11.5 Å². The Balaban J connectivity index is 2.08. The first-order valence-electron chi connectivity index (χ1n) is 9.80. The first-order valence-corrected chi connectivity index (χ1v) is 20.8. The van der Waals surface area contributed by atoms with Crippen LogP contribution in [-0.4, -0.2) is 48.5 Å². The lowest BCUT2D eigenvalue weighted by Crippen LogP contribution is -2.65. The first kappa shape index (κ1) is 23.8. The highest BCUT2D eigenvalue weighted by Crippen LogP contribution is 2.34. The number of benzene rings is 1. The van der Waals surface area contributed by atoms with Crippen LogP contribution in [0.25, 0.3) is 0 Å². The average molecular weight is 461 g/mol. The lowest BCUT2D eigenvalue weighted by atomic mass is 10.1. The van der Waals surface area contributed by atoms with Crippen molar-refractivity contribution in [1.82, 2.24) is 0 Å². The minimum absolute atomic E-state index is 0.751. The predicted octanol–water partition coefficient (Wildman–Crippen LogP) is 4.89. The van der Waals surface area contributed by atoms with Gasteiger partial charge in [-0.2, -0.15) is 0 Å². The highest BCUT2D eigenvalue weighted by molar-refractivity contribution is 6.93. The van der Waals surface area contributed by atoms with Crippen LogP contribution in [0.1, 0.15) is 12.0 Å². The molecule has 160 valence electrons. The molecule has 0 aromatic heterocycles. The number of hydrogen-bond acceptors (Lipinski definition) is 6. The molecule has 2 rings (SSSR count). The van der Waals surface area contributed by atoms with Gasteiger partial charge in [0, 0.05) is 0 Å². The van der Waals surface area contributed by atoms with Gasteiger partial charge in [-0.15, -0.1) is 0 Å². The topological polar surface area (TPSA) is 55.4 Å². The van der Waals surface area contributed by atoms with Crippen molar-refractivity contribution in [2.75, 3.05) is 14.2 Å². The largest absolute Gasteiger partial charge is 0.493 e. The Hall–Kier alpha value is -0.472. The zero-order valence-corrected chi connectivity index (χ0v) is 22.8. The molecule has 1 heterocycles. The van der Waals surface area contributed by atoms with E-state index in [0.717, 1.165) is 30.4 Å². The molecule has 0 N–H and O–H groups in total. The number of ether oxygens (including phenoxy) is 2. The summed E-state index contributed by atoms with van der Waals surface area (Å²) >= 11 is 0. The molecular weight excluding hydrogens is 425 g/mol. The number of methoxy groups -OCH3 is 2. The summed E-state index contributed by atoms with van der Waals surface area (Å²) in [6.45, 7) is 14.8. The average Bonchev–Trinajstić information content (AvgIpc) is 2.49. The lowest BCUT2D eigenvalue weighted by Gasteiger charge is -2.47. The molecule has 0 radical (unpaired) electrons. The summed E-state index contributed by atoms with van der Waals surface area (Å²) in [7, 11) is -5.94. The van der Waals surface area contributed by atoms with Gasteiger partial charge in [0.2, 0.25) is 0 Å². The summed E-state index contributed by atoms with van der Waals surface area (Å²) in [5.74, 6) is 1.51. The second-order valence-electron chi connectivity index (χ2n) is 8.78. The fourth-order valence-corrected chi connectivity index (χ4v) is 25.7. The van der Waals surface area contributed by atoms with E-state index >= 15 is 0 Å². The van der Waals surface area contributed by atoms with Crippen LogP contribution in [0.4, 0.5) is 0 Å². The molecule has 0 unspecified atom stereocenters. The van der Waals surface area contributed by atoms with Crippen molar-refractivity contribution in [2.24, 2.45) is 0 Å². The van der Waals surface area contributed by atoms with E-state index in [4.69, 9.17) is 25.9 Å². The van der Waals surface area contributed by atoms with Gasteiger partial charge in [-0.25, -0.2) is 0 Å². The van der Waals surface area contributed by atoms with Gasteiger partial charge in [0.05, 0.1) is 14.2 Å². The van der Waals surface area contributed by atoms with Crippen molar-refractivity contribution >= 4 is 34.2 Å². The maximum absolute atomic E-state index is 6.63. The van der Waals surface area contributed by atoms with E-state index in [1.165, 1.54) is 5.56 Å². The monoisotopic (exact) mass is 460 g/mol. The Morgan fingerprint density at radius 2 is 1.21 bits per heavy atom. The summed E-state index contributed by atoms with van der Waals surface area (Å²) in [4.78, 5) is 0. The molecule has 6 nitrogen and oxygen atoms in total.